The van der Waals surface area contributed by atoms with E-state index < -0.39 is 0 Å². The molecule has 0 bridgehead atoms. The van der Waals surface area contributed by atoms with Crippen LogP contribution in [0.25, 0.3) is 0 Å². The zero-order chi connectivity index (χ0) is 27.3. The second kappa shape index (κ2) is 20.9. The maximum atomic E-state index is 12.4. The predicted molar refractivity (Wildman–Crippen MR) is 155 cm³/mol. The minimum Gasteiger partial charge on any atom is -0.447 e. The summed E-state index contributed by atoms with van der Waals surface area (Å²) in [5, 5.41) is 7.76. The Labute approximate surface area is 232 Å². The van der Waals surface area contributed by atoms with Crippen LogP contribution in [0.3, 0.4) is 0 Å². The average Bonchev–Trinajstić information content (AvgIpc) is 2.89. The number of hydrogen-bond acceptors (Lipinski definition) is 7. The summed E-state index contributed by atoms with van der Waals surface area (Å²) >= 11 is 12.3. The normalized spacial score (nSPS) is 16.4. The highest BCUT2D eigenvalue weighted by Crippen LogP contribution is 2.13. The molecule has 0 saturated carbocycles. The molecule has 8 nitrogen and oxygen atoms in total. The number of allylic oxidation sites excluding steroid dienone is 8. The van der Waals surface area contributed by atoms with Gasteiger partial charge >= 0.3 is 6.09 Å². The first-order valence-electron chi connectivity index (χ1n) is 12.7. The van der Waals surface area contributed by atoms with Crippen LogP contribution in [0.15, 0.2) is 62.9 Å². The van der Waals surface area contributed by atoms with E-state index in [1.54, 1.807) is 23.3 Å². The first kappa shape index (κ1) is 32.9. The van der Waals surface area contributed by atoms with Gasteiger partial charge in [0.2, 0.25) is 0 Å². The maximum Gasteiger partial charge on any atom is 0.409 e. The fraction of sp³-hybridized carbons (Fsp3) is 0.556. The second-order valence-corrected chi connectivity index (χ2v) is 9.27. The van der Waals surface area contributed by atoms with E-state index in [9.17, 15) is 4.79 Å². The molecule has 2 N–H and O–H groups in total. The topological polar surface area (TPSA) is 78.4 Å². The van der Waals surface area contributed by atoms with Gasteiger partial charge < -0.3 is 25.0 Å². The first-order valence-corrected chi connectivity index (χ1v) is 13.5. The zero-order valence-corrected chi connectivity index (χ0v) is 24.0. The van der Waals surface area contributed by atoms with Crippen LogP contribution < -0.4 is 10.6 Å². The maximum absolute atomic E-state index is 12.4. The third-order valence-electron chi connectivity index (χ3n) is 5.44. The summed E-state index contributed by atoms with van der Waals surface area (Å²) in [6, 6.07) is 0. The molecule has 37 heavy (non-hydrogen) atoms. The molecule has 1 rings (SSSR count). The molecular formula is C27H43Cl2N5O3. The molecule has 1 aliphatic heterocycles. The lowest BCUT2D eigenvalue weighted by molar-refractivity contribution is 0.0458. The van der Waals surface area contributed by atoms with E-state index in [2.05, 4.69) is 33.3 Å². The number of nitrogens with one attached hydrogen (secondary N) is 2. The van der Waals surface area contributed by atoms with Crippen molar-refractivity contribution in [3.63, 3.8) is 0 Å². The molecular weight excluding hydrogens is 513 g/mol. The fourth-order valence-corrected chi connectivity index (χ4v) is 3.86. The average molecular weight is 557 g/mol. The van der Waals surface area contributed by atoms with Crippen molar-refractivity contribution < 1.29 is 14.3 Å². The van der Waals surface area contributed by atoms with Crippen LogP contribution in [-0.4, -0.2) is 94.8 Å². The number of nitrogens with zero attached hydrogens (tertiary/aromatic N) is 3. The molecule has 1 heterocycles. The number of ether oxygens (including phenoxy) is 2. The van der Waals surface area contributed by atoms with Crippen molar-refractivity contribution in [2.45, 2.75) is 27.2 Å². The number of hydrogen-bond donors (Lipinski definition) is 2. The van der Waals surface area contributed by atoms with Crippen molar-refractivity contribution >= 4 is 36.0 Å². The van der Waals surface area contributed by atoms with Crippen molar-refractivity contribution in [2.75, 3.05) is 72.2 Å². The van der Waals surface area contributed by atoms with Crippen LogP contribution in [-0.2, 0) is 9.47 Å². The highest BCUT2D eigenvalue weighted by molar-refractivity contribution is 6.35. The molecule has 1 aliphatic rings. The van der Waals surface area contributed by atoms with Gasteiger partial charge in [0, 0.05) is 67.8 Å². The number of likely N-dealkylation sites (N-methyl/N-ethyl adjacent to an activating group) is 1. The Morgan fingerprint density at radius 1 is 1.11 bits per heavy atom. The largest absolute Gasteiger partial charge is 0.447 e. The molecule has 1 saturated heterocycles. The summed E-state index contributed by atoms with van der Waals surface area (Å²) < 4.78 is 10.8. The molecule has 0 aromatic heterocycles. The first-order chi connectivity index (χ1) is 17.9. The van der Waals surface area contributed by atoms with Gasteiger partial charge in [-0.2, -0.15) is 0 Å². The molecule has 10 heteroatoms. The lowest BCUT2D eigenvalue weighted by Crippen LogP contribution is -2.49. The van der Waals surface area contributed by atoms with Crippen LogP contribution in [0.4, 0.5) is 4.79 Å². The van der Waals surface area contributed by atoms with Crippen LogP contribution in [0.5, 0.6) is 0 Å². The van der Waals surface area contributed by atoms with Crippen molar-refractivity contribution in [2.24, 2.45) is 4.99 Å². The summed E-state index contributed by atoms with van der Waals surface area (Å²) in [6.45, 7) is 16.6. The number of amides is 1. The van der Waals surface area contributed by atoms with Gasteiger partial charge in [0.25, 0.3) is 0 Å². The Morgan fingerprint density at radius 3 is 2.54 bits per heavy atom. The summed E-state index contributed by atoms with van der Waals surface area (Å²) in [4.78, 5) is 20.2. The Kier molecular flexibility index (Phi) is 18.6. The summed E-state index contributed by atoms with van der Waals surface area (Å²) in [5.74, 6) is 0. The smallest absolute Gasteiger partial charge is 0.409 e. The van der Waals surface area contributed by atoms with E-state index in [1.165, 1.54) is 5.57 Å². The number of rotatable bonds is 17. The lowest BCUT2D eigenvalue weighted by Gasteiger charge is -2.34. The van der Waals surface area contributed by atoms with Crippen LogP contribution in [0.1, 0.15) is 27.2 Å². The SMILES string of the molecule is C=N/C=C\C/C=C(\CN/C(C)=C/C(Cl)=C\C(Cl)=C/C)CN1CCN(C(=O)OCCOCCNCC)CC1. The predicted octanol–water partition coefficient (Wildman–Crippen LogP) is 4.66. The van der Waals surface area contributed by atoms with Gasteiger partial charge in [-0.05, 0) is 51.3 Å². The Morgan fingerprint density at radius 2 is 1.86 bits per heavy atom. The standard InChI is InChI=1S/C27H43Cl2N5O3/c1-5-25(28)20-26(29)19-23(3)32-21-24(9-7-8-10-30-4)22-33-12-14-34(15-13-33)27(35)37-18-17-36-16-11-31-6-2/h5,8-10,19-20,31-32H,4,6-7,11-18,21-22H2,1-3H3/b10-8-,23-19+,24-9+,25-5+,26-20+. The molecule has 0 aromatic carbocycles. The van der Waals surface area contributed by atoms with Gasteiger partial charge in [-0.15, -0.1) is 0 Å². The number of piperazine rings is 1. The molecule has 0 radical (unpaired) electrons. The molecule has 0 spiro atoms. The van der Waals surface area contributed by atoms with E-state index in [-0.39, 0.29) is 12.7 Å². The van der Waals surface area contributed by atoms with Gasteiger partial charge in [0.05, 0.1) is 13.2 Å². The van der Waals surface area contributed by atoms with E-state index >= 15 is 0 Å². The quantitative estimate of drug-likeness (QED) is 0.118. The monoisotopic (exact) mass is 555 g/mol. The summed E-state index contributed by atoms with van der Waals surface area (Å²) in [7, 11) is 0. The van der Waals surface area contributed by atoms with Crippen molar-refractivity contribution in [1.82, 2.24) is 20.4 Å². The number of carbonyl (C=O) groups excluding carboxylic acids is 1. The van der Waals surface area contributed by atoms with Crippen molar-refractivity contribution in [3.8, 4) is 0 Å². The van der Waals surface area contributed by atoms with E-state index in [1.807, 2.05) is 32.9 Å². The van der Waals surface area contributed by atoms with Crippen molar-refractivity contribution in [1.29, 1.82) is 0 Å². The molecule has 1 fully saturated rings. The Hall–Kier alpha value is -2.10. The van der Waals surface area contributed by atoms with E-state index in [0.717, 1.165) is 44.8 Å². The number of carbonyl (C=O) groups is 1. The fourth-order valence-electron chi connectivity index (χ4n) is 3.41. The summed E-state index contributed by atoms with van der Waals surface area (Å²) in [6.07, 6.45) is 11.7. The van der Waals surface area contributed by atoms with Gasteiger partial charge in [-0.25, -0.2) is 4.79 Å². The highest BCUT2D eigenvalue weighted by atomic mass is 35.5. The van der Waals surface area contributed by atoms with Crippen molar-refractivity contribution in [3.05, 3.63) is 57.9 Å². The third-order valence-corrected chi connectivity index (χ3v) is 5.98. The number of halogens is 2. The minimum atomic E-state index is -0.279. The molecule has 0 atom stereocenters. The molecule has 0 aromatic rings. The van der Waals surface area contributed by atoms with Gasteiger partial charge in [0.15, 0.2) is 0 Å². The Balaban J connectivity index is 2.53. The van der Waals surface area contributed by atoms with Gasteiger partial charge in [-0.3, -0.25) is 9.89 Å². The van der Waals surface area contributed by atoms with Gasteiger partial charge in [-0.1, -0.05) is 48.4 Å². The van der Waals surface area contributed by atoms with E-state index in [4.69, 9.17) is 32.7 Å². The molecule has 0 aliphatic carbocycles. The number of aliphatic imine (C=N–C) groups is 1. The zero-order valence-electron chi connectivity index (χ0n) is 22.5. The lowest BCUT2D eigenvalue weighted by atomic mass is 10.1. The second-order valence-electron chi connectivity index (χ2n) is 8.39. The molecule has 1 amide bonds. The molecule has 0 unspecified atom stereocenters. The van der Waals surface area contributed by atoms with Crippen LogP contribution in [0, 0.1) is 0 Å². The summed E-state index contributed by atoms with van der Waals surface area (Å²) in [5.41, 5.74) is 2.17. The third kappa shape index (κ3) is 16.4. The van der Waals surface area contributed by atoms with Crippen LogP contribution in [0.2, 0.25) is 0 Å². The van der Waals surface area contributed by atoms with E-state index in [0.29, 0.717) is 42.9 Å². The van der Waals surface area contributed by atoms with Crippen LogP contribution >= 0.6 is 23.2 Å². The minimum absolute atomic E-state index is 0.268. The molecule has 208 valence electrons. The highest BCUT2D eigenvalue weighted by Gasteiger charge is 2.22. The van der Waals surface area contributed by atoms with Gasteiger partial charge in [0.1, 0.15) is 6.61 Å². The Bertz CT molecular complexity index is 832.